The van der Waals surface area contributed by atoms with Crippen LogP contribution in [0.3, 0.4) is 0 Å². The number of unbranched alkanes of at least 4 members (excludes halogenated alkanes) is 2. The molecule has 7 N–H and O–H groups in total. The minimum absolute atomic E-state index is 0.0494. The minimum atomic E-state index is -2.05. The van der Waals surface area contributed by atoms with Crippen molar-refractivity contribution in [1.82, 2.24) is 46.4 Å². The number of rotatable bonds is 23. The van der Waals surface area contributed by atoms with Gasteiger partial charge in [0.1, 0.15) is 31.8 Å². The number of hydrogen-bond donors (Lipinski definition) is 7. The number of benzene rings is 2. The van der Waals surface area contributed by atoms with E-state index in [2.05, 4.69) is 31.9 Å². The summed E-state index contributed by atoms with van der Waals surface area (Å²) in [5.41, 5.74) is 2.05. The van der Waals surface area contributed by atoms with Gasteiger partial charge in [0.15, 0.2) is 5.60 Å². The maximum Gasteiger partial charge on any atom is 0.343 e. The van der Waals surface area contributed by atoms with E-state index in [1.54, 1.807) is 26.8 Å². The van der Waals surface area contributed by atoms with E-state index in [4.69, 9.17) is 14.5 Å². The third-order valence-corrected chi connectivity index (χ3v) is 14.6. The van der Waals surface area contributed by atoms with Crippen LogP contribution in [0.1, 0.15) is 110 Å². The van der Waals surface area contributed by atoms with Crippen LogP contribution in [0.5, 0.6) is 0 Å². The van der Waals surface area contributed by atoms with Crippen LogP contribution in [0.2, 0.25) is 0 Å². The number of likely N-dealkylation sites (tertiary alicyclic amines) is 1. The lowest BCUT2D eigenvalue weighted by Crippen LogP contribution is -2.51. The molecule has 1 unspecified atom stereocenters. The van der Waals surface area contributed by atoms with E-state index in [1.165, 1.54) is 15.5 Å². The number of nitrogens with one attached hydrogen (secondary N) is 6. The van der Waals surface area contributed by atoms with E-state index in [0.717, 1.165) is 11.1 Å². The summed E-state index contributed by atoms with van der Waals surface area (Å²) in [4.78, 5) is 134. The van der Waals surface area contributed by atoms with E-state index >= 15 is 4.39 Å². The van der Waals surface area contributed by atoms with Crippen molar-refractivity contribution in [1.29, 1.82) is 0 Å². The van der Waals surface area contributed by atoms with Gasteiger partial charge >= 0.3 is 5.97 Å². The number of esters is 1. The van der Waals surface area contributed by atoms with Crippen molar-refractivity contribution in [2.45, 2.75) is 116 Å². The van der Waals surface area contributed by atoms with Gasteiger partial charge in [-0.1, -0.05) is 50.6 Å². The number of aryl methyl sites for hydroxylation is 2. The minimum Gasteiger partial charge on any atom is -0.458 e. The second-order valence-corrected chi connectivity index (χ2v) is 19.8. The smallest absolute Gasteiger partial charge is 0.343 e. The fourth-order valence-corrected chi connectivity index (χ4v) is 10.4. The van der Waals surface area contributed by atoms with E-state index in [-0.39, 0.29) is 73.6 Å². The van der Waals surface area contributed by atoms with Crippen molar-refractivity contribution in [3.63, 3.8) is 0 Å². The third kappa shape index (κ3) is 12.2. The van der Waals surface area contributed by atoms with Crippen molar-refractivity contribution < 1.29 is 62.1 Å². The van der Waals surface area contributed by atoms with Crippen LogP contribution in [0.15, 0.2) is 47.3 Å². The highest BCUT2D eigenvalue weighted by molar-refractivity contribution is 6.03. The predicted octanol–water partition coefficient (Wildman–Crippen LogP) is 1.14. The van der Waals surface area contributed by atoms with Gasteiger partial charge in [0.05, 0.1) is 54.7 Å². The van der Waals surface area contributed by atoms with Crippen LogP contribution in [0.4, 0.5) is 4.39 Å². The Morgan fingerprint density at radius 1 is 0.896 bits per heavy atom. The molecule has 2 aromatic carbocycles. The summed E-state index contributed by atoms with van der Waals surface area (Å²) in [6.07, 6.45) is 3.19. The first-order chi connectivity index (χ1) is 36.9. The Morgan fingerprint density at radius 3 is 2.36 bits per heavy atom. The number of ether oxygens (including phenoxy) is 2. The monoisotopic (exact) mass is 1060 g/mol. The standard InChI is InChI=1S/C54H62FN9O13/c1-4-54(75)35-20-40-49-33(25-64(40)52(73)34(35)26-77-53(54)74)48-37(17-15-32-30(3)36(55)21-39(62-49)47(32)48)60-45(69)27-76-28-59-43(67)23-58-50(71)38(16-14-31-11-7-5-8-12-31)61-44(68)24-57-42(66)22-56-41(65)13-9-6-10-18-63-46(70)19-29(2)51(63)72/h5,7-8,11-12,20-21,29,37-38,75H,4,6,9-10,13-19,22-28H2,1-3H3,(H,56,65)(H,57,66)(H,58,71)(H,59,67)(H,60,69)(H,61,68)/t29?,37-,38-,54-/m0/s1. The maximum absolute atomic E-state index is 15.4. The van der Waals surface area contributed by atoms with Gasteiger partial charge in [-0.25, -0.2) is 14.2 Å². The molecule has 8 rings (SSSR count). The number of carbonyl (C=O) groups excluding carboxylic acids is 9. The number of nitrogens with zero attached hydrogens (tertiary/aromatic N) is 3. The average Bonchev–Trinajstić information content (AvgIpc) is 4.18. The zero-order valence-electron chi connectivity index (χ0n) is 43.1. The van der Waals surface area contributed by atoms with Crippen molar-refractivity contribution in [3.05, 3.63) is 97.6 Å². The zero-order chi connectivity index (χ0) is 55.1. The zero-order valence-corrected chi connectivity index (χ0v) is 43.1. The molecule has 2 aromatic heterocycles. The normalized spacial score (nSPS) is 18.4. The SMILES string of the molecule is CC[C@@]1(O)C(=O)OCc2c1cc1n(c2=O)Cc2c-1nc1cc(F)c(C)c3c1c2[C@@H](NC(=O)COCNC(=O)CNC(=O)[C@H](CCc1ccccc1)NC(=O)CNC(=O)CNC(=O)CCCCCN1C(=O)CC(C)C1=O)CC3. The second-order valence-electron chi connectivity index (χ2n) is 19.8. The number of amides is 8. The second kappa shape index (κ2) is 24.0. The van der Waals surface area contributed by atoms with Crippen molar-refractivity contribution in [2.75, 3.05) is 39.5 Å². The average molecular weight is 1060 g/mol. The van der Waals surface area contributed by atoms with Crippen LogP contribution in [-0.4, -0.2) is 118 Å². The first-order valence-corrected chi connectivity index (χ1v) is 25.8. The Labute approximate surface area is 441 Å². The quantitative estimate of drug-likeness (QED) is 0.0209. The lowest BCUT2D eigenvalue weighted by atomic mass is 9.81. The molecule has 22 nitrogen and oxygen atoms in total. The number of cyclic esters (lactones) is 1. The molecule has 3 aliphatic heterocycles. The number of fused-ring (bicyclic) bond motifs is 5. The Balaban J connectivity index is 0.801. The van der Waals surface area contributed by atoms with Gasteiger partial charge in [-0.05, 0) is 80.2 Å². The fraction of sp³-hybridized carbons (Fsp3) is 0.463. The highest BCUT2D eigenvalue weighted by atomic mass is 19.1. The molecule has 23 heteroatoms. The van der Waals surface area contributed by atoms with Gasteiger partial charge in [0.25, 0.3) is 5.56 Å². The van der Waals surface area contributed by atoms with Crippen LogP contribution in [0, 0.1) is 18.7 Å². The summed E-state index contributed by atoms with van der Waals surface area (Å²) in [7, 11) is 0. The maximum atomic E-state index is 15.4. The number of aromatic nitrogens is 2. The number of hydrogen-bond acceptors (Lipinski definition) is 14. The molecule has 4 aliphatic rings. The van der Waals surface area contributed by atoms with Gasteiger partial charge in [-0.15, -0.1) is 0 Å². The molecule has 408 valence electrons. The fourth-order valence-electron chi connectivity index (χ4n) is 10.4. The number of pyridine rings is 2. The van der Waals surface area contributed by atoms with Gasteiger partial charge in [-0.3, -0.25) is 48.1 Å². The third-order valence-electron chi connectivity index (χ3n) is 14.6. The molecule has 1 aliphatic carbocycles. The number of aliphatic hydroxyl groups is 1. The lowest BCUT2D eigenvalue weighted by molar-refractivity contribution is -0.172. The molecule has 0 saturated carbocycles. The summed E-state index contributed by atoms with van der Waals surface area (Å²) >= 11 is 0. The largest absolute Gasteiger partial charge is 0.458 e. The molecule has 4 atom stereocenters. The van der Waals surface area contributed by atoms with E-state index < -0.39 is 97.5 Å². The van der Waals surface area contributed by atoms with Crippen LogP contribution in [0.25, 0.3) is 22.3 Å². The Hall–Kier alpha value is -7.92. The molecule has 5 heterocycles. The lowest BCUT2D eigenvalue weighted by Gasteiger charge is -2.31. The topological polar surface area (TPSA) is 303 Å². The molecule has 8 amide bonds. The molecular formula is C54H62FN9O13. The predicted molar refractivity (Wildman–Crippen MR) is 272 cm³/mol. The molecule has 4 aromatic rings. The van der Waals surface area contributed by atoms with Gasteiger partial charge in [0.2, 0.25) is 47.3 Å². The van der Waals surface area contributed by atoms with E-state index in [0.29, 0.717) is 84.1 Å². The molecule has 0 radical (unpaired) electrons. The Kier molecular flexibility index (Phi) is 17.2. The van der Waals surface area contributed by atoms with E-state index in [1.807, 2.05) is 30.3 Å². The van der Waals surface area contributed by atoms with Crippen molar-refractivity contribution in [3.8, 4) is 11.4 Å². The number of carbonyl (C=O) groups is 9. The molecular weight excluding hydrogens is 1000 g/mol. The number of imide groups is 1. The molecule has 1 fully saturated rings. The highest BCUT2D eigenvalue weighted by Crippen LogP contribution is 2.46. The van der Waals surface area contributed by atoms with Crippen molar-refractivity contribution in [2.24, 2.45) is 5.92 Å². The van der Waals surface area contributed by atoms with Crippen LogP contribution >= 0.6 is 0 Å². The highest BCUT2D eigenvalue weighted by Gasteiger charge is 2.46. The van der Waals surface area contributed by atoms with Crippen LogP contribution in [-0.2, 0) is 84.2 Å². The van der Waals surface area contributed by atoms with Gasteiger partial charge < -0.3 is 51.0 Å². The Bertz CT molecular complexity index is 3110. The molecule has 0 spiro atoms. The number of halogens is 1. The first-order valence-electron chi connectivity index (χ1n) is 25.8. The molecule has 1 saturated heterocycles. The van der Waals surface area contributed by atoms with Crippen LogP contribution < -0.4 is 37.5 Å². The summed E-state index contributed by atoms with van der Waals surface area (Å²) in [5, 5.41) is 27.5. The molecule has 77 heavy (non-hydrogen) atoms. The summed E-state index contributed by atoms with van der Waals surface area (Å²) < 4.78 is 27.6. The Morgan fingerprint density at radius 2 is 1.62 bits per heavy atom. The summed E-state index contributed by atoms with van der Waals surface area (Å²) in [5.74, 6) is -5.65. The summed E-state index contributed by atoms with van der Waals surface area (Å²) in [6, 6.07) is 10.3. The molecule has 0 bridgehead atoms. The van der Waals surface area contributed by atoms with Gasteiger partial charge in [-0.2, -0.15) is 0 Å². The van der Waals surface area contributed by atoms with Gasteiger partial charge in [0, 0.05) is 47.9 Å². The summed E-state index contributed by atoms with van der Waals surface area (Å²) in [6.45, 7) is 2.70. The first kappa shape index (κ1) is 55.3. The van der Waals surface area contributed by atoms with E-state index in [9.17, 15) is 53.1 Å². The van der Waals surface area contributed by atoms with Crippen molar-refractivity contribution >= 4 is 64.1 Å².